The third kappa shape index (κ3) is 3.58. The standard InChI is InChI=1S/C37H20N4O3/c1-39-19-29-36-28-17-23(9-13-34(28)44-37(36)41-35(18-38)40-29)22-8-12-33-27(16-22)26-15-21(7-11-32(26)43-33)20-6-10-31-25(14-20)24-4-2-3-5-30(24)42-31/h2-17,19H,1H3. The SMILES string of the molecule is CN=Cc1nc(C#N)nc2oc3ccc(-c4ccc5oc6ccc(-c7ccc8oc9ccccc9c8c7)cc6c5c4)cc3c12. The van der Waals surface area contributed by atoms with Gasteiger partial charge in [-0.1, -0.05) is 42.5 Å². The van der Waals surface area contributed by atoms with E-state index >= 15 is 0 Å². The fourth-order valence-corrected chi connectivity index (χ4v) is 6.19. The van der Waals surface area contributed by atoms with Crippen molar-refractivity contribution in [3.05, 3.63) is 109 Å². The lowest BCUT2D eigenvalue weighted by Gasteiger charge is -2.04. The summed E-state index contributed by atoms with van der Waals surface area (Å²) in [5, 5.41) is 15.3. The van der Waals surface area contributed by atoms with Gasteiger partial charge in [-0.05, 0) is 76.9 Å². The molecule has 0 unspecified atom stereocenters. The van der Waals surface area contributed by atoms with Gasteiger partial charge in [-0.25, -0.2) is 4.98 Å². The van der Waals surface area contributed by atoms with Crippen molar-refractivity contribution in [1.82, 2.24) is 9.97 Å². The molecule has 9 aromatic rings. The Morgan fingerprint density at radius 2 is 1.09 bits per heavy atom. The Bertz CT molecular complexity index is 2700. The van der Waals surface area contributed by atoms with Crippen LogP contribution in [0.4, 0.5) is 0 Å². The van der Waals surface area contributed by atoms with Gasteiger partial charge in [0.1, 0.15) is 34.0 Å². The van der Waals surface area contributed by atoms with E-state index < -0.39 is 0 Å². The number of nitrogens with zero attached hydrogens (tertiary/aromatic N) is 4. The molecule has 0 aliphatic heterocycles. The van der Waals surface area contributed by atoms with Crippen molar-refractivity contribution in [2.45, 2.75) is 0 Å². The zero-order chi connectivity index (χ0) is 29.4. The first kappa shape index (κ1) is 24.3. The van der Waals surface area contributed by atoms with E-state index in [0.29, 0.717) is 17.0 Å². The van der Waals surface area contributed by atoms with Gasteiger partial charge in [0.05, 0.1) is 11.1 Å². The van der Waals surface area contributed by atoms with E-state index in [9.17, 15) is 5.26 Å². The molecule has 0 saturated heterocycles. The number of rotatable bonds is 3. The Hall–Kier alpha value is -6.26. The Morgan fingerprint density at radius 1 is 0.591 bits per heavy atom. The smallest absolute Gasteiger partial charge is 0.236 e. The van der Waals surface area contributed by atoms with Gasteiger partial charge >= 0.3 is 0 Å². The number of hydrogen-bond donors (Lipinski definition) is 0. The largest absolute Gasteiger partial charge is 0.456 e. The van der Waals surface area contributed by atoms with Crippen LogP contribution in [0, 0.1) is 11.3 Å². The molecule has 206 valence electrons. The summed E-state index contributed by atoms with van der Waals surface area (Å²) in [4.78, 5) is 12.8. The van der Waals surface area contributed by atoms with Crippen molar-refractivity contribution in [1.29, 1.82) is 5.26 Å². The summed E-state index contributed by atoms with van der Waals surface area (Å²) >= 11 is 0. The first-order valence-electron chi connectivity index (χ1n) is 14.1. The molecule has 0 amide bonds. The molecule has 7 heteroatoms. The molecule has 7 nitrogen and oxygen atoms in total. The summed E-state index contributed by atoms with van der Waals surface area (Å²) in [7, 11) is 1.67. The second kappa shape index (κ2) is 9.12. The molecule has 44 heavy (non-hydrogen) atoms. The van der Waals surface area contributed by atoms with E-state index in [0.717, 1.165) is 76.9 Å². The maximum absolute atomic E-state index is 9.38. The first-order chi connectivity index (χ1) is 21.7. The topological polar surface area (TPSA) is 101 Å². The van der Waals surface area contributed by atoms with Gasteiger partial charge in [-0.3, -0.25) is 4.99 Å². The van der Waals surface area contributed by atoms with Gasteiger partial charge in [0.25, 0.3) is 0 Å². The van der Waals surface area contributed by atoms with Crippen LogP contribution < -0.4 is 0 Å². The van der Waals surface area contributed by atoms with Crippen molar-refractivity contribution < 1.29 is 13.3 Å². The maximum Gasteiger partial charge on any atom is 0.236 e. The van der Waals surface area contributed by atoms with Crippen LogP contribution >= 0.6 is 0 Å². The lowest BCUT2D eigenvalue weighted by Crippen LogP contribution is -1.96. The summed E-state index contributed by atoms with van der Waals surface area (Å²) < 4.78 is 18.3. The number of furan rings is 3. The minimum Gasteiger partial charge on any atom is -0.456 e. The van der Waals surface area contributed by atoms with Crippen LogP contribution in [0.25, 0.3) is 88.2 Å². The molecule has 0 aliphatic rings. The number of hydrogen-bond acceptors (Lipinski definition) is 7. The molecule has 0 atom stereocenters. The quantitative estimate of drug-likeness (QED) is 0.197. The second-order valence-corrected chi connectivity index (χ2v) is 10.8. The highest BCUT2D eigenvalue weighted by Crippen LogP contribution is 2.38. The Morgan fingerprint density at radius 3 is 1.66 bits per heavy atom. The Balaban J connectivity index is 1.19. The predicted molar refractivity (Wildman–Crippen MR) is 173 cm³/mol. The zero-order valence-electron chi connectivity index (χ0n) is 23.3. The molecule has 5 aromatic carbocycles. The molecule has 0 saturated carbocycles. The van der Waals surface area contributed by atoms with E-state index in [1.54, 1.807) is 13.3 Å². The van der Waals surface area contributed by atoms with Crippen LogP contribution in [-0.2, 0) is 0 Å². The molecule has 0 bridgehead atoms. The van der Waals surface area contributed by atoms with Crippen molar-refractivity contribution in [3.63, 3.8) is 0 Å². The molecular formula is C37H20N4O3. The van der Waals surface area contributed by atoms with Gasteiger partial charge in [0, 0.05) is 40.2 Å². The van der Waals surface area contributed by atoms with E-state index in [1.807, 2.05) is 54.6 Å². The molecule has 4 aromatic heterocycles. The fourth-order valence-electron chi connectivity index (χ4n) is 6.19. The van der Waals surface area contributed by atoms with Crippen LogP contribution in [0.5, 0.6) is 0 Å². The average molecular weight is 569 g/mol. The molecule has 0 spiro atoms. The lowest BCUT2D eigenvalue weighted by molar-refractivity contribution is 0.652. The van der Waals surface area contributed by atoms with Crippen LogP contribution in [0.1, 0.15) is 11.5 Å². The van der Waals surface area contributed by atoms with Crippen LogP contribution in [-0.4, -0.2) is 23.2 Å². The molecule has 0 fully saturated rings. The van der Waals surface area contributed by atoms with Crippen LogP contribution in [0.15, 0.2) is 115 Å². The van der Waals surface area contributed by atoms with Crippen LogP contribution in [0.2, 0.25) is 0 Å². The van der Waals surface area contributed by atoms with Crippen molar-refractivity contribution in [2.75, 3.05) is 7.05 Å². The van der Waals surface area contributed by atoms with Gasteiger partial charge in [0.2, 0.25) is 11.5 Å². The molecule has 0 radical (unpaired) electrons. The Labute approximate surface area is 249 Å². The fraction of sp³-hybridized carbons (Fsp3) is 0.0270. The highest BCUT2D eigenvalue weighted by molar-refractivity contribution is 6.13. The van der Waals surface area contributed by atoms with Crippen molar-refractivity contribution in [3.8, 4) is 28.3 Å². The average Bonchev–Trinajstić information content (AvgIpc) is 3.74. The van der Waals surface area contributed by atoms with E-state index in [4.69, 9.17) is 13.3 Å². The summed E-state index contributed by atoms with van der Waals surface area (Å²) in [6.07, 6.45) is 1.63. The highest BCUT2D eigenvalue weighted by atomic mass is 16.3. The molecule has 9 rings (SSSR count). The first-order valence-corrected chi connectivity index (χ1v) is 14.1. The second-order valence-electron chi connectivity index (χ2n) is 10.8. The normalized spacial score (nSPS) is 12.1. The van der Waals surface area contributed by atoms with E-state index in [-0.39, 0.29) is 5.82 Å². The van der Waals surface area contributed by atoms with E-state index in [1.165, 1.54) is 0 Å². The van der Waals surface area contributed by atoms with Gasteiger partial charge in [-0.2, -0.15) is 10.2 Å². The minimum atomic E-state index is 0.0429. The van der Waals surface area contributed by atoms with Crippen molar-refractivity contribution in [2.24, 2.45) is 4.99 Å². The van der Waals surface area contributed by atoms with Gasteiger partial charge < -0.3 is 13.3 Å². The number of nitriles is 1. The number of fused-ring (bicyclic) bond motifs is 9. The summed E-state index contributed by atoms with van der Waals surface area (Å²) in [5.41, 5.74) is 9.27. The van der Waals surface area contributed by atoms with Gasteiger partial charge in [-0.15, -0.1) is 0 Å². The molecule has 0 N–H and O–H groups in total. The Kier molecular flexibility index (Phi) is 5.05. The molecule has 4 heterocycles. The van der Waals surface area contributed by atoms with Gasteiger partial charge in [0.15, 0.2) is 0 Å². The van der Waals surface area contributed by atoms with E-state index in [2.05, 4.69) is 63.5 Å². The maximum atomic E-state index is 9.38. The molecule has 0 aliphatic carbocycles. The summed E-state index contributed by atoms with van der Waals surface area (Å²) in [6, 6.07) is 35.1. The zero-order valence-corrected chi connectivity index (χ0v) is 23.3. The summed E-state index contributed by atoms with van der Waals surface area (Å²) in [6.45, 7) is 0. The third-order valence-electron chi connectivity index (χ3n) is 8.22. The molecular weight excluding hydrogens is 548 g/mol. The number of para-hydroxylation sites is 1. The number of benzene rings is 5. The van der Waals surface area contributed by atoms with Crippen molar-refractivity contribution >= 4 is 72.2 Å². The predicted octanol–water partition coefficient (Wildman–Crippen LogP) is 9.43. The minimum absolute atomic E-state index is 0.0429. The summed E-state index contributed by atoms with van der Waals surface area (Å²) in [5.74, 6) is 0.0429. The number of aliphatic imine (C=N–C) groups is 1. The monoisotopic (exact) mass is 568 g/mol. The number of aromatic nitrogens is 2. The third-order valence-corrected chi connectivity index (χ3v) is 8.22. The lowest BCUT2D eigenvalue weighted by atomic mass is 9.98. The van der Waals surface area contributed by atoms with Crippen LogP contribution in [0.3, 0.4) is 0 Å². The highest BCUT2D eigenvalue weighted by Gasteiger charge is 2.17.